The Morgan fingerprint density at radius 2 is 0.806 bits per heavy atom. The molecule has 3 unspecified atom stereocenters. The van der Waals surface area contributed by atoms with Crippen LogP contribution >= 0.6 is 11.8 Å². The fraction of sp³-hybridized carbons (Fsp3) is 0.314. The fourth-order valence-corrected chi connectivity index (χ4v) is 17.4. The number of amides is 2. The summed E-state index contributed by atoms with van der Waals surface area (Å²) < 4.78 is 18.0. The number of benzene rings is 7. The molecule has 0 spiro atoms. The van der Waals surface area contributed by atoms with Crippen LogP contribution in [0.25, 0.3) is 32.3 Å². The van der Waals surface area contributed by atoms with E-state index < -0.39 is 0 Å². The van der Waals surface area contributed by atoms with Gasteiger partial charge in [-0.05, 0) is 190 Å². The third-order valence-corrected chi connectivity index (χ3v) is 23.4. The topological polar surface area (TPSA) is 207 Å². The van der Waals surface area contributed by atoms with Gasteiger partial charge in [0.15, 0.2) is 0 Å². The number of hydrogen-bond acceptors (Lipinski definition) is 17. The average molecular weight is 1830 g/mol. The van der Waals surface area contributed by atoms with E-state index >= 15 is 0 Å². The van der Waals surface area contributed by atoms with E-state index in [4.69, 9.17) is 14.2 Å². The van der Waals surface area contributed by atoms with E-state index in [1.54, 1.807) is 11.8 Å². The maximum absolute atomic E-state index is 13.1. The Bertz CT molecular complexity index is 5270. The Labute approximate surface area is 773 Å². The number of ketones is 3. The van der Waals surface area contributed by atoms with Gasteiger partial charge in [0.05, 0.1) is 65.6 Å². The third kappa shape index (κ3) is 30.7. The number of hydrogen-bond donors (Lipinski definition) is 2. The van der Waals surface area contributed by atoms with Crippen LogP contribution < -0.4 is 24.8 Å². The molecule has 622 valence electrons. The van der Waals surface area contributed by atoms with Crippen molar-refractivity contribution in [1.29, 1.82) is 0 Å². The van der Waals surface area contributed by atoms with Gasteiger partial charge in [0.25, 0.3) is 0 Å². The number of thioether (sulfide) groups is 1. The summed E-state index contributed by atoms with van der Waals surface area (Å²) in [5.74, 6) is 3.72. The van der Waals surface area contributed by atoms with Crippen LogP contribution in [-0.4, -0.2) is 110 Å². The summed E-state index contributed by atoms with van der Waals surface area (Å²) in [6, 6.07) is 79.4. The van der Waals surface area contributed by atoms with Crippen molar-refractivity contribution in [1.82, 2.24) is 55.2 Å². The molecule has 124 heavy (non-hydrogen) atoms. The van der Waals surface area contributed by atoms with Crippen LogP contribution in [-0.2, 0) is 138 Å². The monoisotopic (exact) mass is 1830 g/mol. The van der Waals surface area contributed by atoms with Gasteiger partial charge in [-0.15, -0.1) is 0 Å². The molecule has 0 saturated carbocycles. The zero-order valence-electron chi connectivity index (χ0n) is 71.8. The van der Waals surface area contributed by atoms with Crippen molar-refractivity contribution >= 4 is 67.5 Å². The first-order chi connectivity index (χ1) is 59.4. The molecule has 13 aromatic rings. The molecule has 2 aliphatic heterocycles. The number of nitrogens with zero attached hydrogens (tertiary/aromatic N) is 9. The summed E-state index contributed by atoms with van der Waals surface area (Å²) in [6.07, 6.45) is 27.8. The van der Waals surface area contributed by atoms with E-state index in [0.29, 0.717) is 91.1 Å². The summed E-state index contributed by atoms with van der Waals surface area (Å²) in [6.45, 7) is 11.8. The van der Waals surface area contributed by atoms with E-state index in [-0.39, 0.29) is 98.6 Å². The standard InChI is InChI=1S/C39H33N3O2.C34H45N3O2.C29H33N5O3S.3Zn/c43-35(24-32-16-15-31-14-13-29-8-6-9-30-17-18-37(32)39(31)38(29)30)19-22-44-36-12-5-7-28(23-36)25-42(26-33-10-1-3-20-40-33)27-34-11-2-4-21-41-34;1-2-3-4-5-6-7-8-9-10-11-20-33(38)22-25-39-34-21-16-17-30(26-34)27-37(28-31-18-12-14-23-35-31)29-32-19-13-15-24-36-32;1-29-20-38-26(27(29)32-28(36)33-29)16-24(35)11-14-37-25-10-6-7-21(15-25)17-34(18-22-8-2-4-12-30-22)19-23-9-3-5-13-31-23;;;/h1-18,20-21,23H,19,22,24-27H2;9-10,12-19,21,23-24,26H,2-8,11,20,22,25,27-29H2,1H3;2-10,12-13,15,26-27H,11,14,16-20H2,1H3,(H2,32,33,36);;;/q;;;3*+2/b;10-9-;;;;. The van der Waals surface area contributed by atoms with E-state index in [9.17, 15) is 19.2 Å². The molecule has 8 heterocycles. The third-order valence-electron chi connectivity index (χ3n) is 21.8. The minimum Gasteiger partial charge on any atom is -0.493 e. The Morgan fingerprint density at radius 3 is 1.24 bits per heavy atom. The predicted octanol–water partition coefficient (Wildman–Crippen LogP) is 20.2. The first kappa shape index (κ1) is 96.2. The Morgan fingerprint density at radius 1 is 0.419 bits per heavy atom. The Kier molecular flexibility index (Phi) is 39.9. The number of urea groups is 1. The van der Waals surface area contributed by atoms with Gasteiger partial charge in [-0.2, -0.15) is 11.8 Å². The van der Waals surface area contributed by atoms with E-state index in [1.165, 1.54) is 65.5 Å². The molecule has 3 atom stereocenters. The molecule has 2 N–H and O–H groups in total. The summed E-state index contributed by atoms with van der Waals surface area (Å²) in [4.78, 5) is 83.9. The zero-order chi connectivity index (χ0) is 83.5. The minimum atomic E-state index is -0.273. The SMILES string of the molecule is CC12CSC(CC(=O)CCOc3cccc(CN(Cc4ccccn4)Cc4ccccn4)c3)C1NC(=O)N2.CCCCCCCC/C=C\CCC(=O)CCOc1cccc(CN(Cc2ccccn2)Cc2ccccn2)c1.O=C(CCOc1cccc(CN(Cc2ccccn2)Cc2ccccn2)c1)Cc1ccc2ccc3cccc4ccc1c2c34.[Zn+2].[Zn+2].[Zn+2]. The number of nitrogens with one attached hydrogen (secondary N) is 2. The van der Waals surface area contributed by atoms with Crippen molar-refractivity contribution in [3.8, 4) is 17.2 Å². The molecule has 2 saturated heterocycles. The van der Waals surface area contributed by atoms with Crippen molar-refractivity contribution in [2.24, 2.45) is 0 Å². The van der Waals surface area contributed by atoms with Gasteiger partial charge in [0.2, 0.25) is 0 Å². The number of unbranched alkanes of at least 4 members (excludes halogenated alkanes) is 6. The molecular weight excluding hydrogens is 1720 g/mol. The molecule has 0 aliphatic carbocycles. The summed E-state index contributed by atoms with van der Waals surface area (Å²) in [5, 5.41) is 13.4. The molecule has 2 aliphatic rings. The van der Waals surface area contributed by atoms with Crippen LogP contribution in [0.5, 0.6) is 17.2 Å². The molecule has 18 nitrogen and oxygen atoms in total. The maximum atomic E-state index is 13.1. The van der Waals surface area contributed by atoms with Crippen LogP contribution in [0.3, 0.4) is 0 Å². The van der Waals surface area contributed by atoms with Crippen molar-refractivity contribution in [2.45, 2.75) is 179 Å². The molecule has 0 radical (unpaired) electrons. The molecular formula is C102H111N11O7SZn3+6. The predicted molar refractivity (Wildman–Crippen MR) is 484 cm³/mol. The van der Waals surface area contributed by atoms with Crippen LogP contribution in [0, 0.1) is 0 Å². The smallest absolute Gasteiger partial charge is 0.493 e. The Hall–Kier alpha value is -10.00. The number of Topliss-reactive ketones (excluding diaryl/α,β-unsaturated/α-hetero) is 3. The number of rotatable bonds is 44. The Balaban J connectivity index is 0.000000193. The number of fused-ring (bicyclic) bond motifs is 1. The number of carbonyl (C=O) groups is 4. The molecule has 2 fully saturated rings. The van der Waals surface area contributed by atoms with Crippen molar-refractivity contribution < 1.29 is 91.8 Å². The summed E-state index contributed by atoms with van der Waals surface area (Å²) in [5.41, 5.74) is 10.3. The molecule has 7 aromatic carbocycles. The van der Waals surface area contributed by atoms with Gasteiger partial charge in [-0.1, -0.05) is 179 Å². The number of carbonyl (C=O) groups excluding carboxylic acids is 4. The second-order valence-electron chi connectivity index (χ2n) is 31.6. The van der Waals surface area contributed by atoms with Gasteiger partial charge in [0, 0.05) is 146 Å². The van der Waals surface area contributed by atoms with Crippen LogP contribution in [0.1, 0.15) is 154 Å². The van der Waals surface area contributed by atoms with Crippen LogP contribution in [0.15, 0.2) is 286 Å². The molecule has 0 bridgehead atoms. The molecule has 15 rings (SSSR count). The summed E-state index contributed by atoms with van der Waals surface area (Å²) in [7, 11) is 0. The number of ether oxygens (including phenoxy) is 3. The molecule has 2 amide bonds. The normalized spacial score (nSPS) is 14.4. The molecule has 6 aromatic heterocycles. The van der Waals surface area contributed by atoms with Gasteiger partial charge >= 0.3 is 64.5 Å². The van der Waals surface area contributed by atoms with E-state index in [1.807, 2.05) is 196 Å². The second kappa shape index (κ2) is 51.4. The number of allylic oxidation sites excluding steroid dienone is 2. The van der Waals surface area contributed by atoms with Gasteiger partial charge in [-0.3, -0.25) is 59.0 Å². The van der Waals surface area contributed by atoms with Crippen molar-refractivity contribution in [3.63, 3.8) is 0 Å². The fourth-order valence-electron chi connectivity index (χ4n) is 15.7. The van der Waals surface area contributed by atoms with Gasteiger partial charge in [-0.25, -0.2) is 4.79 Å². The summed E-state index contributed by atoms with van der Waals surface area (Å²) >= 11 is 1.75. The van der Waals surface area contributed by atoms with Crippen LogP contribution in [0.2, 0.25) is 0 Å². The minimum absolute atomic E-state index is 0. The largest absolute Gasteiger partial charge is 2.00 e. The van der Waals surface area contributed by atoms with E-state index in [0.717, 1.165) is 124 Å². The molecule has 22 heteroatoms. The van der Waals surface area contributed by atoms with Gasteiger partial charge in [0.1, 0.15) is 34.6 Å². The number of pyridine rings is 6. The zero-order valence-corrected chi connectivity index (χ0v) is 81.5. The first-order valence-electron chi connectivity index (χ1n) is 42.7. The first-order valence-corrected chi connectivity index (χ1v) is 43.7. The quantitative estimate of drug-likeness (QED) is 0.0120. The second-order valence-corrected chi connectivity index (χ2v) is 32.8. The van der Waals surface area contributed by atoms with E-state index in [2.05, 4.69) is 159 Å². The van der Waals surface area contributed by atoms with Gasteiger partial charge < -0.3 is 24.8 Å². The van der Waals surface area contributed by atoms with Crippen molar-refractivity contribution in [2.75, 3.05) is 25.6 Å². The van der Waals surface area contributed by atoms with Crippen LogP contribution in [0.4, 0.5) is 4.79 Å². The number of aromatic nitrogens is 6. The average Bonchev–Trinajstić information content (AvgIpc) is 0.937. The van der Waals surface area contributed by atoms with Crippen molar-refractivity contribution in [3.05, 3.63) is 342 Å². The maximum Gasteiger partial charge on any atom is 2.00 e.